The molecule has 2 saturated heterocycles. The number of anilines is 1. The summed E-state index contributed by atoms with van der Waals surface area (Å²) in [6.07, 6.45) is 13.1. The molecule has 3 heterocycles. The van der Waals surface area contributed by atoms with Crippen molar-refractivity contribution in [1.82, 2.24) is 20.0 Å². The zero-order chi connectivity index (χ0) is 30.6. The van der Waals surface area contributed by atoms with Crippen LogP contribution in [0.1, 0.15) is 64.9 Å². The van der Waals surface area contributed by atoms with E-state index in [1.807, 2.05) is 62.1 Å². The Morgan fingerprint density at radius 2 is 1.79 bits per heavy atom. The number of fused-ring (bicyclic) bond motifs is 1. The van der Waals surface area contributed by atoms with Crippen molar-refractivity contribution in [3.8, 4) is 0 Å². The molecule has 0 radical (unpaired) electrons. The Labute approximate surface area is 254 Å². The molecule has 10 nitrogen and oxygen atoms in total. The number of ether oxygens (including phenoxy) is 1. The first-order valence-electron chi connectivity index (χ1n) is 15.7. The molecule has 0 spiro atoms. The molecule has 4 aliphatic rings. The fourth-order valence-corrected chi connectivity index (χ4v) is 6.71. The highest BCUT2D eigenvalue weighted by Crippen LogP contribution is 2.30. The highest BCUT2D eigenvalue weighted by Gasteiger charge is 2.39. The molecule has 0 saturated carbocycles. The molecular weight excluding hydrogens is 546 g/mol. The number of carbonyl (C=O) groups excluding carboxylic acids is 4. The monoisotopic (exact) mass is 591 g/mol. The van der Waals surface area contributed by atoms with E-state index < -0.39 is 17.6 Å². The van der Waals surface area contributed by atoms with Crippen molar-refractivity contribution in [3.05, 3.63) is 54.1 Å². The second-order valence-corrected chi connectivity index (χ2v) is 13.0. The number of piperidine rings is 1. The molecule has 1 aromatic rings. The van der Waals surface area contributed by atoms with Crippen LogP contribution in [0, 0.1) is 5.92 Å². The van der Waals surface area contributed by atoms with Crippen molar-refractivity contribution < 1.29 is 23.9 Å². The van der Waals surface area contributed by atoms with Crippen LogP contribution in [0.3, 0.4) is 0 Å². The van der Waals surface area contributed by atoms with Gasteiger partial charge in [-0.3, -0.25) is 9.59 Å². The van der Waals surface area contributed by atoms with E-state index in [9.17, 15) is 19.2 Å². The van der Waals surface area contributed by atoms with Crippen LogP contribution in [0.15, 0.2) is 48.6 Å². The third kappa shape index (κ3) is 7.58. The minimum absolute atomic E-state index is 0.0422. The number of esters is 1. The summed E-state index contributed by atoms with van der Waals surface area (Å²) in [5, 5.41) is 6.03. The van der Waals surface area contributed by atoms with Gasteiger partial charge in [-0.1, -0.05) is 42.5 Å². The van der Waals surface area contributed by atoms with E-state index in [4.69, 9.17) is 4.74 Å². The fourth-order valence-electron chi connectivity index (χ4n) is 6.71. The molecule has 43 heavy (non-hydrogen) atoms. The summed E-state index contributed by atoms with van der Waals surface area (Å²) in [4.78, 5) is 58.5. The van der Waals surface area contributed by atoms with Crippen molar-refractivity contribution in [2.24, 2.45) is 5.92 Å². The van der Waals surface area contributed by atoms with E-state index >= 15 is 0 Å². The minimum Gasteiger partial charge on any atom is -0.459 e. The standard InChI is InChI=1S/C33H45N5O5/c1-33(2,3)43-29(39)22-38-28(24-11-5-4-6-12-24)15-9-14-27(30(38)40)35-31(41)36-19-17-25(18-20-36)37-21-16-23-10-7-8-13-26(23)34-32(37)42/h4-8,10-11,13,24-25,27-28H,9,12,14-22H2,1-3H3,(H,34,42)(H,35,41)/t24?,27-,28-/m1/s1. The quantitative estimate of drug-likeness (QED) is 0.491. The molecule has 1 aromatic carbocycles. The number of urea groups is 2. The predicted octanol–water partition coefficient (Wildman–Crippen LogP) is 4.47. The van der Waals surface area contributed by atoms with Gasteiger partial charge in [-0.2, -0.15) is 0 Å². The summed E-state index contributed by atoms with van der Waals surface area (Å²) in [6, 6.07) is 6.69. The lowest BCUT2D eigenvalue weighted by molar-refractivity contribution is -0.160. The SMILES string of the molecule is CC(C)(C)OC(=O)CN1C(=O)[C@H](NC(=O)N2CCC(N3CCc4ccccc4NC3=O)CC2)CCC[C@@H]1C1C=CC=CC1. The predicted molar refractivity (Wildman–Crippen MR) is 164 cm³/mol. The largest absolute Gasteiger partial charge is 0.459 e. The van der Waals surface area contributed by atoms with Crippen LogP contribution in [0.2, 0.25) is 0 Å². The summed E-state index contributed by atoms with van der Waals surface area (Å²) in [5.41, 5.74) is 1.33. The summed E-state index contributed by atoms with van der Waals surface area (Å²) >= 11 is 0. The van der Waals surface area contributed by atoms with Crippen molar-refractivity contribution in [1.29, 1.82) is 0 Å². The topological polar surface area (TPSA) is 111 Å². The number of benzene rings is 1. The smallest absolute Gasteiger partial charge is 0.326 e. The first-order chi connectivity index (χ1) is 20.6. The Balaban J connectivity index is 1.20. The molecule has 0 aromatic heterocycles. The van der Waals surface area contributed by atoms with E-state index in [1.165, 1.54) is 0 Å². The van der Waals surface area contributed by atoms with Gasteiger partial charge in [-0.25, -0.2) is 9.59 Å². The van der Waals surface area contributed by atoms with Gasteiger partial charge >= 0.3 is 18.0 Å². The van der Waals surface area contributed by atoms with E-state index in [0.29, 0.717) is 38.9 Å². The van der Waals surface area contributed by atoms with Gasteiger partial charge in [0.15, 0.2) is 0 Å². The van der Waals surface area contributed by atoms with E-state index in [2.05, 4.69) is 22.8 Å². The van der Waals surface area contributed by atoms with Crippen LogP contribution in [0.5, 0.6) is 0 Å². The lowest BCUT2D eigenvalue weighted by Crippen LogP contribution is -2.57. The molecule has 1 aliphatic carbocycles. The second-order valence-electron chi connectivity index (χ2n) is 13.0. The summed E-state index contributed by atoms with van der Waals surface area (Å²) in [5.74, 6) is -0.579. The minimum atomic E-state index is -0.712. The zero-order valence-corrected chi connectivity index (χ0v) is 25.6. The Morgan fingerprint density at radius 1 is 1.02 bits per heavy atom. The molecule has 232 valence electrons. The molecule has 5 amide bonds. The van der Waals surface area contributed by atoms with Crippen molar-refractivity contribution in [2.75, 3.05) is 31.5 Å². The van der Waals surface area contributed by atoms with Gasteiger partial charge in [-0.15, -0.1) is 0 Å². The Kier molecular flexibility index (Phi) is 9.42. The average molecular weight is 592 g/mol. The van der Waals surface area contributed by atoms with Gasteiger partial charge in [-0.05, 0) is 77.3 Å². The van der Waals surface area contributed by atoms with Gasteiger partial charge in [0.1, 0.15) is 18.2 Å². The molecule has 3 aliphatic heterocycles. The first kappa shape index (κ1) is 30.6. The lowest BCUT2D eigenvalue weighted by Gasteiger charge is -2.39. The zero-order valence-electron chi connectivity index (χ0n) is 25.6. The third-order valence-corrected chi connectivity index (χ3v) is 8.83. The maximum absolute atomic E-state index is 13.9. The highest BCUT2D eigenvalue weighted by atomic mass is 16.6. The van der Waals surface area contributed by atoms with Gasteiger partial charge < -0.3 is 30.1 Å². The number of likely N-dealkylation sites (tertiary alicyclic amines) is 2. The first-order valence-corrected chi connectivity index (χ1v) is 15.7. The molecule has 1 unspecified atom stereocenters. The second kappa shape index (κ2) is 13.2. The Bertz CT molecular complexity index is 1260. The number of amides is 5. The van der Waals surface area contributed by atoms with Crippen molar-refractivity contribution in [2.45, 2.75) is 89.4 Å². The van der Waals surface area contributed by atoms with Crippen LogP contribution < -0.4 is 10.6 Å². The molecule has 10 heteroatoms. The summed E-state index contributed by atoms with van der Waals surface area (Å²) in [7, 11) is 0. The van der Waals surface area contributed by atoms with Crippen LogP contribution in [0.4, 0.5) is 15.3 Å². The molecule has 2 fully saturated rings. The maximum atomic E-state index is 13.9. The summed E-state index contributed by atoms with van der Waals surface area (Å²) in [6.45, 7) is 6.92. The van der Waals surface area contributed by atoms with Gasteiger partial charge in [0.2, 0.25) is 5.91 Å². The number of allylic oxidation sites excluding steroid dienone is 3. The number of rotatable bonds is 5. The number of nitrogens with zero attached hydrogens (tertiary/aromatic N) is 3. The van der Waals surface area contributed by atoms with Crippen LogP contribution in [-0.2, 0) is 20.7 Å². The highest BCUT2D eigenvalue weighted by molar-refractivity contribution is 5.91. The number of hydrogen-bond donors (Lipinski definition) is 2. The van der Waals surface area contributed by atoms with E-state index in [-0.39, 0.29) is 42.5 Å². The van der Waals surface area contributed by atoms with Crippen LogP contribution in [0.25, 0.3) is 0 Å². The molecule has 2 N–H and O–H groups in total. The number of carbonyl (C=O) groups is 4. The molecule has 3 atom stereocenters. The fraction of sp³-hybridized carbons (Fsp3) is 0.576. The van der Waals surface area contributed by atoms with E-state index in [1.54, 1.807) is 9.80 Å². The van der Waals surface area contributed by atoms with E-state index in [0.717, 1.165) is 36.9 Å². The average Bonchev–Trinajstić information content (AvgIpc) is 3.24. The van der Waals surface area contributed by atoms with Crippen LogP contribution >= 0.6 is 0 Å². The molecule has 5 rings (SSSR count). The van der Waals surface area contributed by atoms with Crippen molar-refractivity contribution >= 4 is 29.6 Å². The third-order valence-electron chi connectivity index (χ3n) is 8.83. The Hall–Kier alpha value is -3.82. The molecular formula is C33H45N5O5. The lowest BCUT2D eigenvalue weighted by atomic mass is 9.89. The normalized spacial score (nSPS) is 25.0. The summed E-state index contributed by atoms with van der Waals surface area (Å²) < 4.78 is 5.58. The van der Waals surface area contributed by atoms with Crippen molar-refractivity contribution in [3.63, 3.8) is 0 Å². The number of nitrogens with one attached hydrogen (secondary N) is 2. The van der Waals surface area contributed by atoms with Gasteiger partial charge in [0.25, 0.3) is 0 Å². The Morgan fingerprint density at radius 3 is 2.51 bits per heavy atom. The van der Waals surface area contributed by atoms with Gasteiger partial charge in [0.05, 0.1) is 0 Å². The van der Waals surface area contributed by atoms with Crippen LogP contribution in [-0.4, -0.2) is 88.5 Å². The maximum Gasteiger partial charge on any atom is 0.326 e. The van der Waals surface area contributed by atoms with Gasteiger partial charge in [0, 0.05) is 43.3 Å². The number of para-hydroxylation sites is 1. The number of hydrogen-bond acceptors (Lipinski definition) is 5. The molecule has 0 bridgehead atoms.